The number of benzene rings is 1. The summed E-state index contributed by atoms with van der Waals surface area (Å²) in [7, 11) is 1.59. The summed E-state index contributed by atoms with van der Waals surface area (Å²) in [6, 6.07) is 9.11. The zero-order chi connectivity index (χ0) is 22.1. The van der Waals surface area contributed by atoms with Crippen molar-refractivity contribution < 1.29 is 18.7 Å². The highest BCUT2D eigenvalue weighted by Crippen LogP contribution is 2.28. The number of aliphatic imine (C=N–C) groups is 1. The third-order valence-corrected chi connectivity index (χ3v) is 4.88. The van der Waals surface area contributed by atoms with Gasteiger partial charge < -0.3 is 29.0 Å². The van der Waals surface area contributed by atoms with Gasteiger partial charge in [0, 0.05) is 32.7 Å². The summed E-state index contributed by atoms with van der Waals surface area (Å²) >= 11 is 0. The molecule has 1 saturated heterocycles. The monoisotopic (exact) mass is 552 g/mol. The molecule has 1 N–H and O–H groups in total. The lowest BCUT2D eigenvalue weighted by atomic mass is 10.2. The van der Waals surface area contributed by atoms with Gasteiger partial charge in [0.1, 0.15) is 6.61 Å². The highest BCUT2D eigenvalue weighted by atomic mass is 127. The third-order valence-electron chi connectivity index (χ3n) is 4.88. The molecule has 1 aromatic heterocycles. The lowest BCUT2D eigenvalue weighted by Crippen LogP contribution is -2.53. The highest BCUT2D eigenvalue weighted by molar-refractivity contribution is 14.0. The summed E-state index contributed by atoms with van der Waals surface area (Å²) in [4.78, 5) is 21.2. The van der Waals surface area contributed by atoms with Crippen LogP contribution in [-0.2, 0) is 6.54 Å². The highest BCUT2D eigenvalue weighted by Gasteiger charge is 2.25. The zero-order valence-electron chi connectivity index (χ0n) is 18.4. The largest absolute Gasteiger partial charge is 0.493 e. The molecule has 0 radical (unpaired) electrons. The minimum absolute atomic E-state index is 0. The van der Waals surface area contributed by atoms with Gasteiger partial charge in [-0.3, -0.25) is 4.79 Å². The number of carbonyl (C=O) groups is 1. The Morgan fingerprint density at radius 3 is 2.59 bits per heavy atom. The van der Waals surface area contributed by atoms with Crippen molar-refractivity contribution in [1.82, 2.24) is 15.1 Å². The summed E-state index contributed by atoms with van der Waals surface area (Å²) < 4.78 is 16.1. The number of terminal acetylenes is 1. The molecule has 8 nitrogen and oxygen atoms in total. The van der Waals surface area contributed by atoms with Crippen LogP contribution in [0.5, 0.6) is 11.5 Å². The van der Waals surface area contributed by atoms with E-state index in [0.717, 1.165) is 18.1 Å². The lowest BCUT2D eigenvalue weighted by Gasteiger charge is -2.36. The Bertz CT molecular complexity index is 932. The average molecular weight is 552 g/mol. The van der Waals surface area contributed by atoms with Crippen LogP contribution in [-0.4, -0.2) is 68.1 Å². The normalized spacial score (nSPS) is 13.7. The standard InChI is InChI=1S/C23H28N4O4.HI/c1-4-14-30-21-16-18(8-9-19(21)29-3)17-25-23(24-5-2)27-12-10-26(11-13-27)22(28)20-7-6-15-31-20;/h1,6-9,15-16H,5,10-14,17H2,2-3H3,(H,24,25);1H. The van der Waals surface area contributed by atoms with E-state index in [1.54, 1.807) is 24.1 Å². The second-order valence-corrected chi connectivity index (χ2v) is 6.90. The van der Waals surface area contributed by atoms with Gasteiger partial charge in [0.25, 0.3) is 5.91 Å². The molecule has 9 heteroatoms. The fourth-order valence-electron chi connectivity index (χ4n) is 3.32. The molecule has 1 fully saturated rings. The number of carbonyl (C=O) groups excluding carboxylic acids is 1. The van der Waals surface area contributed by atoms with Crippen molar-refractivity contribution in [1.29, 1.82) is 0 Å². The molecule has 1 aliphatic heterocycles. The minimum Gasteiger partial charge on any atom is -0.493 e. The summed E-state index contributed by atoms with van der Waals surface area (Å²) in [5, 5.41) is 3.34. The predicted molar refractivity (Wildman–Crippen MR) is 134 cm³/mol. The molecule has 2 aromatic rings. The van der Waals surface area contributed by atoms with Gasteiger partial charge in [-0.2, -0.15) is 0 Å². The number of methoxy groups -OCH3 is 1. The van der Waals surface area contributed by atoms with Gasteiger partial charge in [0.2, 0.25) is 0 Å². The number of hydrogen-bond acceptors (Lipinski definition) is 5. The second-order valence-electron chi connectivity index (χ2n) is 6.90. The summed E-state index contributed by atoms with van der Waals surface area (Å²) in [5.41, 5.74) is 0.981. The van der Waals surface area contributed by atoms with Gasteiger partial charge in [0.05, 0.1) is 19.9 Å². The molecular formula is C23H29IN4O4. The van der Waals surface area contributed by atoms with Gasteiger partial charge in [0.15, 0.2) is 23.2 Å². The van der Waals surface area contributed by atoms with E-state index >= 15 is 0 Å². The van der Waals surface area contributed by atoms with Crippen molar-refractivity contribution >= 4 is 35.8 Å². The third kappa shape index (κ3) is 6.56. The first-order valence-electron chi connectivity index (χ1n) is 10.3. The Balaban J connectivity index is 0.00000363. The topological polar surface area (TPSA) is 79.5 Å². The number of nitrogens with zero attached hydrogens (tertiary/aromatic N) is 3. The molecule has 3 rings (SSSR count). The maximum absolute atomic E-state index is 12.5. The first-order chi connectivity index (χ1) is 15.2. The molecule has 0 saturated carbocycles. The Kier molecular flexibility index (Phi) is 10.2. The van der Waals surface area contributed by atoms with Gasteiger partial charge in [-0.05, 0) is 36.8 Å². The SMILES string of the molecule is C#CCOc1cc(CN=C(NCC)N2CCN(C(=O)c3ccco3)CC2)ccc1OC.I. The average Bonchev–Trinajstić information content (AvgIpc) is 3.35. The van der Waals surface area contributed by atoms with Crippen LogP contribution in [0.3, 0.4) is 0 Å². The Hall–Kier alpha value is -2.87. The molecule has 2 heterocycles. The molecule has 0 atom stereocenters. The van der Waals surface area contributed by atoms with E-state index in [1.165, 1.54) is 6.26 Å². The number of rotatable bonds is 7. The molecule has 0 aliphatic carbocycles. The Labute approximate surface area is 206 Å². The number of guanidine groups is 1. The van der Waals surface area contributed by atoms with Crippen LogP contribution in [0.15, 0.2) is 46.0 Å². The molecule has 1 amide bonds. The molecule has 0 bridgehead atoms. The number of piperazine rings is 1. The fraction of sp³-hybridized carbons (Fsp3) is 0.391. The molecular weight excluding hydrogens is 523 g/mol. The molecule has 0 spiro atoms. The predicted octanol–water partition coefficient (Wildman–Crippen LogP) is 2.84. The van der Waals surface area contributed by atoms with Crippen molar-refractivity contribution in [3.05, 3.63) is 47.9 Å². The smallest absolute Gasteiger partial charge is 0.289 e. The fourth-order valence-corrected chi connectivity index (χ4v) is 3.32. The van der Waals surface area contributed by atoms with Crippen molar-refractivity contribution in [2.75, 3.05) is 46.4 Å². The van der Waals surface area contributed by atoms with Crippen LogP contribution in [0.25, 0.3) is 0 Å². The number of hydrogen-bond donors (Lipinski definition) is 1. The maximum Gasteiger partial charge on any atom is 0.289 e. The zero-order valence-corrected chi connectivity index (χ0v) is 20.7. The molecule has 1 aromatic carbocycles. The molecule has 32 heavy (non-hydrogen) atoms. The summed E-state index contributed by atoms with van der Waals surface area (Å²) in [6.45, 7) is 6.04. The van der Waals surface area contributed by atoms with E-state index in [-0.39, 0.29) is 36.5 Å². The van der Waals surface area contributed by atoms with E-state index < -0.39 is 0 Å². The van der Waals surface area contributed by atoms with Crippen LogP contribution in [0.4, 0.5) is 0 Å². The lowest BCUT2D eigenvalue weighted by molar-refractivity contribution is 0.0657. The number of ether oxygens (including phenoxy) is 2. The molecule has 0 unspecified atom stereocenters. The van der Waals surface area contributed by atoms with E-state index in [2.05, 4.69) is 16.1 Å². The quantitative estimate of drug-likeness (QED) is 0.247. The number of furan rings is 1. The van der Waals surface area contributed by atoms with Crippen LogP contribution in [0.1, 0.15) is 23.0 Å². The van der Waals surface area contributed by atoms with E-state index in [1.807, 2.05) is 25.1 Å². The van der Waals surface area contributed by atoms with E-state index in [4.69, 9.17) is 25.3 Å². The Morgan fingerprint density at radius 2 is 1.97 bits per heavy atom. The number of amides is 1. The second kappa shape index (κ2) is 12.9. The molecule has 172 valence electrons. The van der Waals surface area contributed by atoms with E-state index in [9.17, 15) is 4.79 Å². The van der Waals surface area contributed by atoms with Crippen LogP contribution < -0.4 is 14.8 Å². The van der Waals surface area contributed by atoms with Crippen LogP contribution >= 0.6 is 24.0 Å². The number of nitrogens with one attached hydrogen (secondary N) is 1. The van der Waals surface area contributed by atoms with Crippen molar-refractivity contribution in [2.24, 2.45) is 4.99 Å². The van der Waals surface area contributed by atoms with Crippen LogP contribution in [0.2, 0.25) is 0 Å². The number of halogens is 1. The maximum atomic E-state index is 12.5. The van der Waals surface area contributed by atoms with E-state index in [0.29, 0.717) is 50.0 Å². The summed E-state index contributed by atoms with van der Waals surface area (Å²) in [5.74, 6) is 4.80. The minimum atomic E-state index is -0.0793. The van der Waals surface area contributed by atoms with Crippen molar-refractivity contribution in [2.45, 2.75) is 13.5 Å². The first kappa shape index (κ1) is 25.4. The van der Waals surface area contributed by atoms with Gasteiger partial charge in [-0.25, -0.2) is 4.99 Å². The van der Waals surface area contributed by atoms with Gasteiger partial charge >= 0.3 is 0 Å². The Morgan fingerprint density at radius 1 is 1.22 bits per heavy atom. The van der Waals surface area contributed by atoms with Gasteiger partial charge in [-0.15, -0.1) is 30.4 Å². The van der Waals surface area contributed by atoms with Gasteiger partial charge in [-0.1, -0.05) is 12.0 Å². The van der Waals surface area contributed by atoms with Crippen molar-refractivity contribution in [3.8, 4) is 23.8 Å². The van der Waals surface area contributed by atoms with Crippen molar-refractivity contribution in [3.63, 3.8) is 0 Å². The van der Waals surface area contributed by atoms with Crippen LogP contribution in [0, 0.1) is 12.3 Å². The molecule has 1 aliphatic rings. The first-order valence-corrected chi connectivity index (χ1v) is 10.3. The summed E-state index contributed by atoms with van der Waals surface area (Å²) in [6.07, 6.45) is 6.81.